The van der Waals surface area contributed by atoms with Gasteiger partial charge in [0.2, 0.25) is 0 Å². The minimum Gasteiger partial charge on any atom is -0.493 e. The summed E-state index contributed by atoms with van der Waals surface area (Å²) in [5.74, 6) is 1.48. The second-order valence-corrected chi connectivity index (χ2v) is 7.19. The first-order valence-electron chi connectivity index (χ1n) is 9.44. The highest BCUT2D eigenvalue weighted by molar-refractivity contribution is 6.02. The van der Waals surface area contributed by atoms with Crippen molar-refractivity contribution in [3.63, 3.8) is 0 Å². The zero-order chi connectivity index (χ0) is 19.3. The van der Waals surface area contributed by atoms with E-state index in [-0.39, 0.29) is 5.91 Å². The van der Waals surface area contributed by atoms with Gasteiger partial charge in [-0.3, -0.25) is 4.79 Å². The third-order valence-electron chi connectivity index (χ3n) is 5.99. The van der Waals surface area contributed by atoms with Crippen LogP contribution >= 0.6 is 0 Å². The summed E-state index contributed by atoms with van der Waals surface area (Å²) < 4.78 is 11.2. The zero-order valence-electron chi connectivity index (χ0n) is 15.9. The maximum atomic E-state index is 13.4. The number of amides is 1. The number of ether oxygens (including phenoxy) is 2. The fourth-order valence-corrected chi connectivity index (χ4v) is 4.83. The average molecular weight is 371 g/mol. The smallest absolute Gasteiger partial charge is 0.255 e. The average Bonchev–Trinajstić information content (AvgIpc) is 3.03. The highest BCUT2D eigenvalue weighted by atomic mass is 16.5. The lowest BCUT2D eigenvalue weighted by Crippen LogP contribution is -2.50. The van der Waals surface area contributed by atoms with Gasteiger partial charge in [0, 0.05) is 12.1 Å². The van der Waals surface area contributed by atoms with Gasteiger partial charge in [0.05, 0.1) is 14.2 Å². The van der Waals surface area contributed by atoms with Gasteiger partial charge in [0.1, 0.15) is 5.54 Å². The van der Waals surface area contributed by atoms with Gasteiger partial charge in [-0.05, 0) is 46.9 Å². The number of fused-ring (bicyclic) bond motifs is 5. The molecule has 0 radical (unpaired) electrons. The van der Waals surface area contributed by atoms with E-state index in [2.05, 4.69) is 24.3 Å². The number of methoxy groups -OCH3 is 2. The Morgan fingerprint density at radius 3 is 2.29 bits per heavy atom. The Bertz CT molecular complexity index is 1080. The first-order valence-corrected chi connectivity index (χ1v) is 9.44. The lowest BCUT2D eigenvalue weighted by molar-refractivity contribution is 0.0659. The molecule has 2 heterocycles. The van der Waals surface area contributed by atoms with E-state index in [1.54, 1.807) is 14.2 Å². The van der Waals surface area contributed by atoms with E-state index in [4.69, 9.17) is 9.47 Å². The molecule has 140 valence electrons. The van der Waals surface area contributed by atoms with Crippen molar-refractivity contribution in [3.05, 3.63) is 94.5 Å². The molecule has 5 rings (SSSR count). The third-order valence-corrected chi connectivity index (χ3v) is 5.99. The molecular formula is C24H21NO3. The SMILES string of the molecule is COc1cc2c(cc1OC)[C@@]1(c3ccccc3)c3ccccc3C(=O)N1CC2. The molecule has 0 aromatic heterocycles. The molecule has 1 atom stereocenters. The second-order valence-electron chi connectivity index (χ2n) is 7.19. The van der Waals surface area contributed by atoms with Crippen molar-refractivity contribution in [2.75, 3.05) is 20.8 Å². The summed E-state index contributed by atoms with van der Waals surface area (Å²) in [5.41, 5.74) is 4.50. The number of benzene rings is 3. The van der Waals surface area contributed by atoms with Gasteiger partial charge in [0.25, 0.3) is 5.91 Å². The quantitative estimate of drug-likeness (QED) is 0.698. The molecule has 0 fully saturated rings. The molecule has 3 aromatic rings. The number of nitrogens with zero attached hydrogens (tertiary/aromatic N) is 1. The van der Waals surface area contributed by atoms with Crippen LogP contribution in [0.3, 0.4) is 0 Å². The molecule has 3 aromatic carbocycles. The van der Waals surface area contributed by atoms with Crippen molar-refractivity contribution in [2.24, 2.45) is 0 Å². The lowest BCUT2D eigenvalue weighted by Gasteiger charge is -2.45. The highest BCUT2D eigenvalue weighted by Crippen LogP contribution is 2.53. The standard InChI is InChI=1S/C24H21NO3/c1-27-21-14-16-12-13-25-23(26)18-10-6-7-11-19(18)24(25,17-8-4-3-5-9-17)20(16)15-22(21)28-2/h3-11,14-15H,12-13H2,1-2H3/t24-/m1/s1. The Balaban J connectivity index is 1.91. The lowest BCUT2D eigenvalue weighted by atomic mass is 9.72. The van der Waals surface area contributed by atoms with E-state index in [0.29, 0.717) is 12.3 Å². The van der Waals surface area contributed by atoms with Gasteiger partial charge in [-0.15, -0.1) is 0 Å². The number of hydrogen-bond donors (Lipinski definition) is 0. The first-order chi connectivity index (χ1) is 13.7. The van der Waals surface area contributed by atoms with Crippen molar-refractivity contribution >= 4 is 5.91 Å². The van der Waals surface area contributed by atoms with Gasteiger partial charge in [-0.2, -0.15) is 0 Å². The Labute approximate surface area is 164 Å². The molecule has 0 saturated heterocycles. The number of rotatable bonds is 3. The molecular weight excluding hydrogens is 350 g/mol. The minimum absolute atomic E-state index is 0.0832. The van der Waals surface area contributed by atoms with Crippen molar-refractivity contribution in [3.8, 4) is 11.5 Å². The highest BCUT2D eigenvalue weighted by Gasteiger charge is 2.54. The summed E-state index contributed by atoms with van der Waals surface area (Å²) in [6.07, 6.45) is 0.782. The van der Waals surface area contributed by atoms with Crippen molar-refractivity contribution in [2.45, 2.75) is 12.0 Å². The summed E-state index contributed by atoms with van der Waals surface area (Å²) in [6.45, 7) is 0.658. The fourth-order valence-electron chi connectivity index (χ4n) is 4.83. The summed E-state index contributed by atoms with van der Waals surface area (Å²) in [7, 11) is 3.30. The predicted molar refractivity (Wildman–Crippen MR) is 107 cm³/mol. The van der Waals surface area contributed by atoms with E-state index in [1.807, 2.05) is 47.4 Å². The van der Waals surface area contributed by atoms with E-state index in [0.717, 1.165) is 34.4 Å². The molecule has 0 saturated carbocycles. The summed E-state index contributed by atoms with van der Waals surface area (Å²) in [5, 5.41) is 0. The Kier molecular flexibility index (Phi) is 3.69. The fraction of sp³-hybridized carbons (Fsp3) is 0.208. The Morgan fingerprint density at radius 1 is 0.857 bits per heavy atom. The maximum Gasteiger partial charge on any atom is 0.255 e. The minimum atomic E-state index is -0.651. The zero-order valence-corrected chi connectivity index (χ0v) is 15.9. The molecule has 2 aliphatic heterocycles. The van der Waals surface area contributed by atoms with Crippen LogP contribution in [0.15, 0.2) is 66.7 Å². The Hall–Kier alpha value is -3.27. The maximum absolute atomic E-state index is 13.4. The normalized spacial score (nSPS) is 19.6. The van der Waals surface area contributed by atoms with Crippen LogP contribution in [0.2, 0.25) is 0 Å². The first kappa shape index (κ1) is 16.9. The van der Waals surface area contributed by atoms with Gasteiger partial charge >= 0.3 is 0 Å². The van der Waals surface area contributed by atoms with Gasteiger partial charge in [0.15, 0.2) is 11.5 Å². The number of hydrogen-bond acceptors (Lipinski definition) is 3. The van der Waals surface area contributed by atoms with Crippen LogP contribution in [0, 0.1) is 0 Å². The van der Waals surface area contributed by atoms with Crippen molar-refractivity contribution in [1.82, 2.24) is 4.90 Å². The summed E-state index contributed by atoms with van der Waals surface area (Å²) >= 11 is 0. The molecule has 4 heteroatoms. The Morgan fingerprint density at radius 2 is 1.54 bits per heavy atom. The van der Waals surface area contributed by atoms with Crippen molar-refractivity contribution < 1.29 is 14.3 Å². The number of carbonyl (C=O) groups is 1. The summed E-state index contributed by atoms with van der Waals surface area (Å²) in [6, 6.07) is 22.3. The largest absolute Gasteiger partial charge is 0.493 e. The molecule has 2 aliphatic rings. The van der Waals surface area contributed by atoms with Crippen LogP contribution < -0.4 is 9.47 Å². The van der Waals surface area contributed by atoms with Gasteiger partial charge in [-0.1, -0.05) is 48.5 Å². The van der Waals surface area contributed by atoms with Crippen LogP contribution in [0.4, 0.5) is 0 Å². The molecule has 0 aliphatic carbocycles. The van der Waals surface area contributed by atoms with Gasteiger partial charge in [-0.25, -0.2) is 0 Å². The second kappa shape index (κ2) is 6.13. The van der Waals surface area contributed by atoms with Gasteiger partial charge < -0.3 is 14.4 Å². The van der Waals surface area contributed by atoms with E-state index in [9.17, 15) is 4.79 Å². The summed E-state index contributed by atoms with van der Waals surface area (Å²) in [4.78, 5) is 15.4. The van der Waals surface area contributed by atoms with Crippen LogP contribution in [-0.4, -0.2) is 31.6 Å². The topological polar surface area (TPSA) is 38.8 Å². The van der Waals surface area contributed by atoms with Crippen LogP contribution in [0.1, 0.15) is 32.6 Å². The van der Waals surface area contributed by atoms with Crippen molar-refractivity contribution in [1.29, 1.82) is 0 Å². The van der Waals surface area contributed by atoms with Crippen LogP contribution in [0.25, 0.3) is 0 Å². The van der Waals surface area contributed by atoms with Crippen LogP contribution in [-0.2, 0) is 12.0 Å². The molecule has 4 nitrogen and oxygen atoms in total. The predicted octanol–water partition coefficient (Wildman–Crippen LogP) is 4.01. The van der Waals surface area contributed by atoms with E-state index in [1.165, 1.54) is 5.56 Å². The monoisotopic (exact) mass is 371 g/mol. The molecule has 0 bridgehead atoms. The molecule has 0 N–H and O–H groups in total. The van der Waals surface area contributed by atoms with E-state index >= 15 is 0 Å². The third kappa shape index (κ3) is 2.03. The number of carbonyl (C=O) groups excluding carboxylic acids is 1. The molecule has 0 spiro atoms. The molecule has 28 heavy (non-hydrogen) atoms. The molecule has 0 unspecified atom stereocenters. The van der Waals surface area contributed by atoms with E-state index < -0.39 is 5.54 Å². The van der Waals surface area contributed by atoms with Crippen LogP contribution in [0.5, 0.6) is 11.5 Å². The molecule has 1 amide bonds.